The second kappa shape index (κ2) is 6.40. The third-order valence-corrected chi connectivity index (χ3v) is 1.91. The molecule has 3 heteroatoms. The van der Waals surface area contributed by atoms with E-state index in [2.05, 4.69) is 13.8 Å². The normalized spacial score (nSPS) is 16.5. The summed E-state index contributed by atoms with van der Waals surface area (Å²) in [5, 5.41) is 26.7. The van der Waals surface area contributed by atoms with Crippen molar-refractivity contribution in [2.24, 2.45) is 5.92 Å². The Kier molecular flexibility index (Phi) is 6.34. The van der Waals surface area contributed by atoms with E-state index in [-0.39, 0.29) is 6.61 Å². The lowest BCUT2D eigenvalue weighted by Gasteiger charge is -2.15. The molecule has 3 nitrogen and oxygen atoms in total. The zero-order chi connectivity index (χ0) is 9.56. The Morgan fingerprint density at radius 2 is 1.58 bits per heavy atom. The molecule has 0 aromatic heterocycles. The summed E-state index contributed by atoms with van der Waals surface area (Å²) in [6.07, 6.45) is 0.774. The van der Waals surface area contributed by atoms with Crippen LogP contribution >= 0.6 is 0 Å². The maximum atomic E-state index is 9.22. The van der Waals surface area contributed by atoms with Crippen LogP contribution in [-0.4, -0.2) is 34.1 Å². The van der Waals surface area contributed by atoms with E-state index in [4.69, 9.17) is 10.2 Å². The molecule has 0 aliphatic heterocycles. The van der Waals surface area contributed by atoms with Crippen molar-refractivity contribution in [2.75, 3.05) is 6.61 Å². The Labute approximate surface area is 74.0 Å². The molecule has 74 valence electrons. The molecular formula is C9H20O3. The first-order valence-electron chi connectivity index (χ1n) is 4.55. The smallest absolute Gasteiger partial charge is 0.103 e. The molecule has 12 heavy (non-hydrogen) atoms. The molecule has 0 spiro atoms. The minimum atomic E-state index is -0.975. The first kappa shape index (κ1) is 11.9. The predicted octanol–water partition coefficient (Wildman–Crippen LogP) is 0.527. The molecular weight excluding hydrogens is 156 g/mol. The lowest BCUT2D eigenvalue weighted by molar-refractivity contribution is -0.0188. The SMILES string of the molecule is CC(C)CCCC(O)C(O)CO. The minimum Gasteiger partial charge on any atom is -0.394 e. The fourth-order valence-corrected chi connectivity index (χ4v) is 1.05. The van der Waals surface area contributed by atoms with Gasteiger partial charge in [0, 0.05) is 0 Å². The fourth-order valence-electron chi connectivity index (χ4n) is 1.05. The van der Waals surface area contributed by atoms with Crippen molar-refractivity contribution in [1.82, 2.24) is 0 Å². The molecule has 0 aromatic carbocycles. The second-order valence-electron chi connectivity index (χ2n) is 3.64. The molecule has 2 unspecified atom stereocenters. The van der Waals surface area contributed by atoms with Crippen molar-refractivity contribution in [2.45, 2.75) is 45.3 Å². The van der Waals surface area contributed by atoms with E-state index in [1.807, 2.05) is 0 Å². The number of aliphatic hydroxyl groups is 3. The van der Waals surface area contributed by atoms with E-state index >= 15 is 0 Å². The van der Waals surface area contributed by atoms with Crippen LogP contribution in [0.15, 0.2) is 0 Å². The van der Waals surface area contributed by atoms with Crippen LogP contribution in [-0.2, 0) is 0 Å². The van der Waals surface area contributed by atoms with Crippen LogP contribution in [0.25, 0.3) is 0 Å². The summed E-state index contributed by atoms with van der Waals surface area (Å²) in [5.74, 6) is 0.628. The molecule has 0 amide bonds. The van der Waals surface area contributed by atoms with Gasteiger partial charge in [-0.05, 0) is 12.3 Å². The van der Waals surface area contributed by atoms with Gasteiger partial charge in [0.25, 0.3) is 0 Å². The summed E-state index contributed by atoms with van der Waals surface area (Å²) in [5.41, 5.74) is 0. The molecule has 0 fully saturated rings. The standard InChI is InChI=1S/C9H20O3/c1-7(2)4-3-5-8(11)9(12)6-10/h7-12H,3-6H2,1-2H3. The van der Waals surface area contributed by atoms with Crippen LogP contribution in [0.3, 0.4) is 0 Å². The predicted molar refractivity (Wildman–Crippen MR) is 47.8 cm³/mol. The average molecular weight is 176 g/mol. The van der Waals surface area contributed by atoms with Gasteiger partial charge >= 0.3 is 0 Å². The molecule has 2 atom stereocenters. The van der Waals surface area contributed by atoms with E-state index in [0.717, 1.165) is 12.8 Å². The maximum Gasteiger partial charge on any atom is 0.103 e. The molecule has 0 aromatic rings. The van der Waals surface area contributed by atoms with E-state index < -0.39 is 12.2 Å². The van der Waals surface area contributed by atoms with Gasteiger partial charge in [0.1, 0.15) is 6.10 Å². The van der Waals surface area contributed by atoms with Gasteiger partial charge in [0.2, 0.25) is 0 Å². The summed E-state index contributed by atoms with van der Waals surface area (Å²) < 4.78 is 0. The highest BCUT2D eigenvalue weighted by Crippen LogP contribution is 2.10. The molecule has 0 aliphatic carbocycles. The molecule has 0 radical (unpaired) electrons. The molecule has 0 rings (SSSR count). The molecule has 0 heterocycles. The summed E-state index contributed by atoms with van der Waals surface area (Å²) in [6.45, 7) is 3.88. The quantitative estimate of drug-likeness (QED) is 0.553. The summed E-state index contributed by atoms with van der Waals surface area (Å²) in [4.78, 5) is 0. The zero-order valence-electron chi connectivity index (χ0n) is 7.90. The highest BCUT2D eigenvalue weighted by Gasteiger charge is 2.14. The highest BCUT2D eigenvalue weighted by molar-refractivity contribution is 4.65. The third-order valence-electron chi connectivity index (χ3n) is 1.91. The van der Waals surface area contributed by atoms with Gasteiger partial charge in [0.15, 0.2) is 0 Å². The third kappa shape index (κ3) is 5.52. The molecule has 0 saturated carbocycles. The molecule has 0 saturated heterocycles. The topological polar surface area (TPSA) is 60.7 Å². The fraction of sp³-hybridized carbons (Fsp3) is 1.00. The monoisotopic (exact) mass is 176 g/mol. The lowest BCUT2D eigenvalue weighted by atomic mass is 10.0. The first-order valence-corrected chi connectivity index (χ1v) is 4.55. The minimum absolute atomic E-state index is 0.358. The van der Waals surface area contributed by atoms with E-state index in [0.29, 0.717) is 12.3 Å². The Bertz CT molecular complexity index is 104. The zero-order valence-corrected chi connectivity index (χ0v) is 7.90. The Hall–Kier alpha value is -0.120. The van der Waals surface area contributed by atoms with Gasteiger partial charge in [0.05, 0.1) is 12.7 Å². The summed E-state index contributed by atoms with van der Waals surface area (Å²) in [7, 11) is 0. The molecule has 3 N–H and O–H groups in total. The van der Waals surface area contributed by atoms with Crippen LogP contribution in [0, 0.1) is 5.92 Å². The van der Waals surface area contributed by atoms with Crippen molar-refractivity contribution in [3.63, 3.8) is 0 Å². The van der Waals surface area contributed by atoms with Gasteiger partial charge in [-0.1, -0.05) is 26.7 Å². The Morgan fingerprint density at radius 1 is 1.00 bits per heavy atom. The van der Waals surface area contributed by atoms with Gasteiger partial charge in [-0.3, -0.25) is 0 Å². The van der Waals surface area contributed by atoms with Crippen LogP contribution in [0.5, 0.6) is 0 Å². The van der Waals surface area contributed by atoms with Gasteiger partial charge in [-0.2, -0.15) is 0 Å². The Balaban J connectivity index is 3.37. The second-order valence-corrected chi connectivity index (χ2v) is 3.64. The first-order chi connectivity index (χ1) is 5.57. The number of rotatable bonds is 6. The van der Waals surface area contributed by atoms with Crippen molar-refractivity contribution in [1.29, 1.82) is 0 Å². The van der Waals surface area contributed by atoms with Crippen molar-refractivity contribution in [3.05, 3.63) is 0 Å². The van der Waals surface area contributed by atoms with Crippen molar-refractivity contribution >= 4 is 0 Å². The Morgan fingerprint density at radius 3 is 2.00 bits per heavy atom. The molecule has 0 aliphatic rings. The highest BCUT2D eigenvalue weighted by atomic mass is 16.4. The van der Waals surface area contributed by atoms with E-state index in [9.17, 15) is 5.11 Å². The van der Waals surface area contributed by atoms with E-state index in [1.165, 1.54) is 0 Å². The van der Waals surface area contributed by atoms with Gasteiger partial charge in [-0.25, -0.2) is 0 Å². The average Bonchev–Trinajstić information content (AvgIpc) is 2.02. The maximum absolute atomic E-state index is 9.22. The van der Waals surface area contributed by atoms with Crippen molar-refractivity contribution in [3.8, 4) is 0 Å². The lowest BCUT2D eigenvalue weighted by Crippen LogP contribution is -2.29. The van der Waals surface area contributed by atoms with Gasteiger partial charge < -0.3 is 15.3 Å². The number of hydrogen-bond acceptors (Lipinski definition) is 3. The van der Waals surface area contributed by atoms with Crippen LogP contribution in [0.4, 0.5) is 0 Å². The van der Waals surface area contributed by atoms with Crippen LogP contribution in [0.2, 0.25) is 0 Å². The molecule has 0 bridgehead atoms. The van der Waals surface area contributed by atoms with Crippen LogP contribution < -0.4 is 0 Å². The van der Waals surface area contributed by atoms with Gasteiger partial charge in [-0.15, -0.1) is 0 Å². The number of hydrogen-bond donors (Lipinski definition) is 3. The van der Waals surface area contributed by atoms with Crippen molar-refractivity contribution < 1.29 is 15.3 Å². The summed E-state index contributed by atoms with van der Waals surface area (Å²) >= 11 is 0. The number of aliphatic hydroxyl groups excluding tert-OH is 3. The summed E-state index contributed by atoms with van der Waals surface area (Å²) in [6, 6.07) is 0. The largest absolute Gasteiger partial charge is 0.394 e. The van der Waals surface area contributed by atoms with E-state index in [1.54, 1.807) is 0 Å². The van der Waals surface area contributed by atoms with Crippen LogP contribution in [0.1, 0.15) is 33.1 Å².